The van der Waals surface area contributed by atoms with Crippen LogP contribution in [0, 0.1) is 11.7 Å². The number of hydrogen-bond acceptors (Lipinski definition) is 2. The van der Waals surface area contributed by atoms with Crippen molar-refractivity contribution in [2.75, 3.05) is 0 Å². The first kappa shape index (κ1) is 15.9. The molecule has 2 rings (SSSR count). The maximum absolute atomic E-state index is 13.7. The fourth-order valence-corrected chi connectivity index (χ4v) is 3.20. The molecule has 114 valence electrons. The second-order valence-corrected chi connectivity index (χ2v) is 6.17. The van der Waals surface area contributed by atoms with Crippen LogP contribution >= 0.6 is 12.2 Å². The average Bonchev–Trinajstić information content (AvgIpc) is 2.48. The summed E-state index contributed by atoms with van der Waals surface area (Å²) < 4.78 is 13.7. The van der Waals surface area contributed by atoms with Crippen LogP contribution < -0.4 is 11.1 Å². The van der Waals surface area contributed by atoms with E-state index in [1.165, 1.54) is 12.1 Å². The van der Waals surface area contributed by atoms with Crippen LogP contribution in [0.1, 0.15) is 49.4 Å². The fourth-order valence-electron chi connectivity index (χ4n) is 2.94. The predicted molar refractivity (Wildman–Crippen MR) is 85.6 cm³/mol. The highest BCUT2D eigenvalue weighted by atomic mass is 32.1. The van der Waals surface area contributed by atoms with Gasteiger partial charge in [0.15, 0.2) is 0 Å². The van der Waals surface area contributed by atoms with E-state index in [9.17, 15) is 9.18 Å². The Morgan fingerprint density at radius 3 is 2.57 bits per heavy atom. The number of hydrogen-bond donors (Lipinski definition) is 2. The van der Waals surface area contributed by atoms with E-state index < -0.39 is 17.3 Å². The third-order valence-electron chi connectivity index (χ3n) is 4.48. The highest BCUT2D eigenvalue weighted by Gasteiger charge is 2.39. The molecule has 21 heavy (non-hydrogen) atoms. The number of rotatable bonds is 4. The van der Waals surface area contributed by atoms with Crippen LogP contribution in [0.25, 0.3) is 0 Å². The number of carbonyl (C=O) groups is 1. The zero-order valence-electron chi connectivity index (χ0n) is 12.2. The summed E-state index contributed by atoms with van der Waals surface area (Å²) in [5, 5.41) is 2.89. The minimum Gasteiger partial charge on any atom is -0.391 e. The maximum Gasteiger partial charge on any atom is 0.255 e. The Morgan fingerprint density at radius 2 is 2.05 bits per heavy atom. The fraction of sp³-hybridized carbons (Fsp3) is 0.500. The van der Waals surface area contributed by atoms with E-state index in [2.05, 4.69) is 12.2 Å². The minimum atomic E-state index is -0.680. The molecule has 1 aliphatic rings. The Bertz CT molecular complexity index is 539. The Balaban J connectivity index is 2.16. The first-order chi connectivity index (χ1) is 9.98. The van der Waals surface area contributed by atoms with Gasteiger partial charge in [-0.2, -0.15) is 0 Å². The second-order valence-electron chi connectivity index (χ2n) is 5.73. The van der Waals surface area contributed by atoms with Crippen molar-refractivity contribution in [3.05, 3.63) is 35.6 Å². The molecule has 1 saturated carbocycles. The van der Waals surface area contributed by atoms with Gasteiger partial charge >= 0.3 is 0 Å². The number of nitrogens with one attached hydrogen (secondary N) is 1. The Morgan fingerprint density at radius 1 is 1.43 bits per heavy atom. The molecule has 0 spiro atoms. The molecular weight excluding hydrogens is 287 g/mol. The monoisotopic (exact) mass is 308 g/mol. The highest BCUT2D eigenvalue weighted by molar-refractivity contribution is 7.80. The molecule has 0 atom stereocenters. The summed E-state index contributed by atoms with van der Waals surface area (Å²) in [6.45, 7) is 2.16. The zero-order valence-corrected chi connectivity index (χ0v) is 13.0. The van der Waals surface area contributed by atoms with Crippen LogP contribution in [0.4, 0.5) is 4.39 Å². The largest absolute Gasteiger partial charge is 0.391 e. The third-order valence-corrected chi connectivity index (χ3v) is 4.87. The van der Waals surface area contributed by atoms with Gasteiger partial charge in [0.1, 0.15) is 5.82 Å². The van der Waals surface area contributed by atoms with E-state index in [0.717, 1.165) is 32.1 Å². The van der Waals surface area contributed by atoms with Crippen molar-refractivity contribution < 1.29 is 9.18 Å². The highest BCUT2D eigenvalue weighted by Crippen LogP contribution is 2.34. The van der Waals surface area contributed by atoms with Gasteiger partial charge in [0.2, 0.25) is 0 Å². The van der Waals surface area contributed by atoms with Crippen molar-refractivity contribution in [2.24, 2.45) is 11.7 Å². The van der Waals surface area contributed by atoms with E-state index >= 15 is 0 Å². The van der Waals surface area contributed by atoms with Crippen LogP contribution in [0.15, 0.2) is 24.3 Å². The van der Waals surface area contributed by atoms with Crippen molar-refractivity contribution in [1.82, 2.24) is 5.32 Å². The van der Waals surface area contributed by atoms with Crippen LogP contribution in [0.3, 0.4) is 0 Å². The number of thiocarbonyl (C=S) groups is 1. The van der Waals surface area contributed by atoms with Gasteiger partial charge in [-0.15, -0.1) is 0 Å². The Labute approximate surface area is 130 Å². The molecule has 0 saturated heterocycles. The number of benzene rings is 1. The third kappa shape index (κ3) is 3.40. The van der Waals surface area contributed by atoms with Gasteiger partial charge in [0.05, 0.1) is 16.1 Å². The summed E-state index contributed by atoms with van der Waals surface area (Å²) in [7, 11) is 0. The molecule has 1 amide bonds. The van der Waals surface area contributed by atoms with Gasteiger partial charge in [-0.1, -0.05) is 37.7 Å². The van der Waals surface area contributed by atoms with E-state index in [0.29, 0.717) is 10.9 Å². The molecule has 0 bridgehead atoms. The van der Waals surface area contributed by atoms with Crippen LogP contribution in [-0.2, 0) is 0 Å². The van der Waals surface area contributed by atoms with Crippen molar-refractivity contribution in [3.63, 3.8) is 0 Å². The lowest BCUT2D eigenvalue weighted by Crippen LogP contribution is -2.58. The lowest BCUT2D eigenvalue weighted by molar-refractivity contribution is 0.0894. The molecule has 3 N–H and O–H groups in total. The van der Waals surface area contributed by atoms with E-state index in [-0.39, 0.29) is 5.56 Å². The Hall–Kier alpha value is -1.49. The van der Waals surface area contributed by atoms with Gasteiger partial charge in [-0.05, 0) is 43.7 Å². The van der Waals surface area contributed by atoms with Gasteiger partial charge in [0, 0.05) is 0 Å². The first-order valence-corrected chi connectivity index (χ1v) is 7.76. The van der Waals surface area contributed by atoms with E-state index in [4.69, 9.17) is 18.0 Å². The van der Waals surface area contributed by atoms with E-state index in [1.54, 1.807) is 12.1 Å². The normalized spacial score (nSPS) is 25.3. The van der Waals surface area contributed by atoms with Crippen LogP contribution in [0.5, 0.6) is 0 Å². The SMILES string of the molecule is CCC1CCC(NC(=O)c2ccccc2F)(C(N)=S)CC1. The van der Waals surface area contributed by atoms with Gasteiger partial charge in [0.25, 0.3) is 5.91 Å². The average molecular weight is 308 g/mol. The molecule has 0 heterocycles. The lowest BCUT2D eigenvalue weighted by Gasteiger charge is -2.40. The molecule has 1 aliphatic carbocycles. The smallest absolute Gasteiger partial charge is 0.255 e. The van der Waals surface area contributed by atoms with Crippen LogP contribution in [-0.4, -0.2) is 16.4 Å². The van der Waals surface area contributed by atoms with Crippen molar-refractivity contribution in [3.8, 4) is 0 Å². The summed E-state index contributed by atoms with van der Waals surface area (Å²) >= 11 is 5.17. The topological polar surface area (TPSA) is 55.1 Å². The van der Waals surface area contributed by atoms with Crippen molar-refractivity contribution in [2.45, 2.75) is 44.6 Å². The zero-order chi connectivity index (χ0) is 15.5. The molecule has 1 aromatic rings. The predicted octanol–water partition coefficient (Wildman–Crippen LogP) is 3.18. The summed E-state index contributed by atoms with van der Waals surface area (Å²) in [4.78, 5) is 12.6. The summed E-state index contributed by atoms with van der Waals surface area (Å²) in [6, 6.07) is 5.94. The van der Waals surface area contributed by atoms with Crippen molar-refractivity contribution >= 4 is 23.1 Å². The number of nitrogens with two attached hydrogens (primary N) is 1. The number of halogens is 1. The molecule has 0 aliphatic heterocycles. The van der Waals surface area contributed by atoms with Gasteiger partial charge in [-0.3, -0.25) is 4.79 Å². The number of carbonyl (C=O) groups excluding carboxylic acids is 1. The number of amides is 1. The van der Waals surface area contributed by atoms with E-state index in [1.807, 2.05) is 0 Å². The van der Waals surface area contributed by atoms with Crippen LogP contribution in [0.2, 0.25) is 0 Å². The maximum atomic E-state index is 13.7. The molecule has 1 aromatic carbocycles. The molecule has 5 heteroatoms. The summed E-state index contributed by atoms with van der Waals surface area (Å²) in [6.07, 6.45) is 4.52. The minimum absolute atomic E-state index is 0.0331. The van der Waals surface area contributed by atoms with Gasteiger partial charge < -0.3 is 11.1 Å². The lowest BCUT2D eigenvalue weighted by atomic mass is 9.75. The molecular formula is C16H21FN2OS. The molecule has 0 unspecified atom stereocenters. The summed E-state index contributed by atoms with van der Waals surface area (Å²) in [5.74, 6) is -0.330. The Kier molecular flexibility index (Phi) is 4.93. The molecule has 0 radical (unpaired) electrons. The summed E-state index contributed by atoms with van der Waals surface area (Å²) in [5.41, 5.74) is 5.23. The van der Waals surface area contributed by atoms with Gasteiger partial charge in [-0.25, -0.2) is 4.39 Å². The second kappa shape index (κ2) is 6.52. The standard InChI is InChI=1S/C16H21FN2OS/c1-2-11-7-9-16(10-8-11,15(18)21)19-14(20)12-5-3-4-6-13(12)17/h3-6,11H,2,7-10H2,1H3,(H2,18,21)(H,19,20). The molecule has 3 nitrogen and oxygen atoms in total. The quantitative estimate of drug-likeness (QED) is 0.840. The molecule has 0 aromatic heterocycles. The molecule has 1 fully saturated rings. The van der Waals surface area contributed by atoms with Crippen molar-refractivity contribution in [1.29, 1.82) is 0 Å². The first-order valence-electron chi connectivity index (χ1n) is 7.35.